The number of nitrogens with zero attached hydrogens (tertiary/aromatic N) is 1. The van der Waals surface area contributed by atoms with E-state index in [9.17, 15) is 14.7 Å². The highest BCUT2D eigenvalue weighted by Crippen LogP contribution is 2.22. The Morgan fingerprint density at radius 1 is 1.15 bits per heavy atom. The highest BCUT2D eigenvalue weighted by atomic mass is 35.5. The van der Waals surface area contributed by atoms with E-state index < -0.39 is 23.8 Å². The lowest BCUT2D eigenvalue weighted by atomic mass is 10.1. The maximum atomic E-state index is 12.8. The van der Waals surface area contributed by atoms with Gasteiger partial charge in [-0.05, 0) is 74.8 Å². The summed E-state index contributed by atoms with van der Waals surface area (Å²) in [5, 5.41) is 19.9. The SMILES string of the molecule is CC(C)(C)OC(=O)N(CCc1ccc(SCCCC(=O)O)cc1)CC(O)c1cccc(Cl)c1. The van der Waals surface area contributed by atoms with Gasteiger partial charge in [0.05, 0.1) is 12.6 Å². The van der Waals surface area contributed by atoms with Gasteiger partial charge >= 0.3 is 12.1 Å². The number of amides is 1. The lowest BCUT2D eigenvalue weighted by molar-refractivity contribution is -0.137. The van der Waals surface area contributed by atoms with E-state index >= 15 is 0 Å². The Morgan fingerprint density at radius 2 is 1.85 bits per heavy atom. The normalized spacial score (nSPS) is 12.3. The molecule has 0 radical (unpaired) electrons. The van der Waals surface area contributed by atoms with E-state index in [0.717, 1.165) is 16.2 Å². The van der Waals surface area contributed by atoms with Gasteiger partial charge in [0, 0.05) is 22.9 Å². The fourth-order valence-corrected chi connectivity index (χ4v) is 4.09. The monoisotopic (exact) mass is 493 g/mol. The minimum atomic E-state index is -0.888. The molecule has 2 N–H and O–H groups in total. The van der Waals surface area contributed by atoms with E-state index in [1.54, 1.807) is 36.0 Å². The zero-order valence-electron chi connectivity index (χ0n) is 19.3. The maximum absolute atomic E-state index is 12.8. The Labute approximate surface area is 204 Å². The average molecular weight is 494 g/mol. The lowest BCUT2D eigenvalue weighted by Gasteiger charge is -2.29. The van der Waals surface area contributed by atoms with E-state index in [4.69, 9.17) is 21.4 Å². The molecule has 0 bridgehead atoms. The number of aliphatic hydroxyl groups excluding tert-OH is 1. The van der Waals surface area contributed by atoms with Crippen LogP contribution in [-0.2, 0) is 16.0 Å². The maximum Gasteiger partial charge on any atom is 0.410 e. The third-order valence-corrected chi connectivity index (χ3v) is 6.01. The summed E-state index contributed by atoms with van der Waals surface area (Å²) in [6.07, 6.45) is 0.0367. The number of hydrogen-bond donors (Lipinski definition) is 2. The molecule has 1 unspecified atom stereocenters. The van der Waals surface area contributed by atoms with Crippen LogP contribution in [0.1, 0.15) is 50.8 Å². The molecule has 0 saturated carbocycles. The predicted molar refractivity (Wildman–Crippen MR) is 132 cm³/mol. The number of hydrogen-bond acceptors (Lipinski definition) is 5. The van der Waals surface area contributed by atoms with Gasteiger partial charge in [-0.1, -0.05) is 35.9 Å². The Balaban J connectivity index is 1.99. The van der Waals surface area contributed by atoms with Crippen LogP contribution in [0.2, 0.25) is 5.02 Å². The van der Waals surface area contributed by atoms with Crippen LogP contribution in [0.4, 0.5) is 4.79 Å². The first-order valence-corrected chi connectivity index (χ1v) is 12.2. The van der Waals surface area contributed by atoms with Crippen molar-refractivity contribution in [3.05, 3.63) is 64.7 Å². The van der Waals surface area contributed by atoms with Crippen LogP contribution in [0.15, 0.2) is 53.4 Å². The Bertz CT molecular complexity index is 914. The number of carboxylic acid groups (broad SMARTS) is 1. The summed E-state index contributed by atoms with van der Waals surface area (Å²) >= 11 is 7.66. The summed E-state index contributed by atoms with van der Waals surface area (Å²) in [5.41, 5.74) is 1.05. The predicted octanol–water partition coefficient (Wildman–Crippen LogP) is 5.81. The van der Waals surface area contributed by atoms with E-state index in [0.29, 0.717) is 30.0 Å². The van der Waals surface area contributed by atoms with Crippen LogP contribution in [0.25, 0.3) is 0 Å². The molecule has 1 atom stereocenters. The first kappa shape index (κ1) is 27.0. The number of rotatable bonds is 11. The standard InChI is InChI=1S/C25H32ClNO5S/c1-25(2,3)32-24(31)27(17-22(28)19-6-4-7-20(26)16-19)14-13-18-9-11-21(12-10-18)33-15-5-8-23(29)30/h4,6-7,9-12,16,22,28H,5,8,13-15,17H2,1-3H3,(H,29,30). The summed E-state index contributed by atoms with van der Waals surface area (Å²) < 4.78 is 5.54. The second-order valence-corrected chi connectivity index (χ2v) is 10.3. The van der Waals surface area contributed by atoms with Crippen molar-refractivity contribution < 1.29 is 24.5 Å². The molecule has 1 amide bonds. The number of carboxylic acids is 1. The van der Waals surface area contributed by atoms with Crippen LogP contribution in [0, 0.1) is 0 Å². The van der Waals surface area contributed by atoms with Crippen molar-refractivity contribution >= 4 is 35.4 Å². The summed E-state index contributed by atoms with van der Waals surface area (Å²) in [6.45, 7) is 5.90. The molecule has 0 aliphatic heterocycles. The number of aliphatic hydroxyl groups is 1. The smallest absolute Gasteiger partial charge is 0.410 e. The number of carbonyl (C=O) groups excluding carboxylic acids is 1. The highest BCUT2D eigenvalue weighted by molar-refractivity contribution is 7.99. The Kier molecular flexibility index (Phi) is 10.5. The van der Waals surface area contributed by atoms with Crippen molar-refractivity contribution in [1.82, 2.24) is 4.90 Å². The molecule has 0 aliphatic carbocycles. The van der Waals surface area contributed by atoms with Crippen molar-refractivity contribution in [2.45, 2.75) is 56.6 Å². The van der Waals surface area contributed by atoms with Gasteiger partial charge in [-0.2, -0.15) is 0 Å². The number of aliphatic carboxylic acids is 1. The van der Waals surface area contributed by atoms with Gasteiger partial charge in [0.25, 0.3) is 0 Å². The topological polar surface area (TPSA) is 87.1 Å². The summed E-state index contributed by atoms with van der Waals surface area (Å²) in [6, 6.07) is 15.0. The second kappa shape index (κ2) is 12.9. The molecule has 2 aromatic rings. The third kappa shape index (κ3) is 10.5. The van der Waals surface area contributed by atoms with Gasteiger partial charge in [0.15, 0.2) is 0 Å². The molecule has 0 heterocycles. The van der Waals surface area contributed by atoms with E-state index in [1.165, 1.54) is 4.90 Å². The molecule has 0 saturated heterocycles. The van der Waals surface area contributed by atoms with Crippen LogP contribution in [0.5, 0.6) is 0 Å². The zero-order chi connectivity index (χ0) is 24.4. The van der Waals surface area contributed by atoms with Crippen LogP contribution in [0.3, 0.4) is 0 Å². The highest BCUT2D eigenvalue weighted by Gasteiger charge is 2.24. The Hall–Kier alpha value is -2.22. The van der Waals surface area contributed by atoms with Crippen molar-refractivity contribution in [2.24, 2.45) is 0 Å². The number of thioether (sulfide) groups is 1. The molecule has 8 heteroatoms. The van der Waals surface area contributed by atoms with Crippen molar-refractivity contribution in [2.75, 3.05) is 18.8 Å². The quantitative estimate of drug-likeness (QED) is 0.303. The molecule has 6 nitrogen and oxygen atoms in total. The van der Waals surface area contributed by atoms with Gasteiger partial charge < -0.3 is 19.8 Å². The number of carbonyl (C=O) groups is 2. The van der Waals surface area contributed by atoms with Gasteiger partial charge in [0.1, 0.15) is 5.60 Å². The van der Waals surface area contributed by atoms with Crippen LogP contribution in [-0.4, -0.2) is 51.6 Å². The van der Waals surface area contributed by atoms with Gasteiger partial charge in [0.2, 0.25) is 0 Å². The zero-order valence-corrected chi connectivity index (χ0v) is 20.9. The Morgan fingerprint density at radius 3 is 2.45 bits per heavy atom. The first-order chi connectivity index (χ1) is 15.5. The third-order valence-electron chi connectivity index (χ3n) is 4.68. The molecule has 180 valence electrons. The second-order valence-electron chi connectivity index (χ2n) is 8.74. The largest absolute Gasteiger partial charge is 0.481 e. The van der Waals surface area contributed by atoms with Gasteiger partial charge in [-0.25, -0.2) is 4.79 Å². The molecule has 0 fully saturated rings. The number of halogens is 1. The molecule has 2 rings (SSSR count). The minimum Gasteiger partial charge on any atom is -0.481 e. The first-order valence-electron chi connectivity index (χ1n) is 10.9. The fraction of sp³-hybridized carbons (Fsp3) is 0.440. The van der Waals surface area contributed by atoms with Gasteiger partial charge in [-0.3, -0.25) is 4.79 Å². The average Bonchev–Trinajstić information content (AvgIpc) is 2.73. The molecule has 0 aliphatic rings. The van der Waals surface area contributed by atoms with Gasteiger partial charge in [-0.15, -0.1) is 11.8 Å². The molecular weight excluding hydrogens is 462 g/mol. The lowest BCUT2D eigenvalue weighted by Crippen LogP contribution is -2.40. The van der Waals surface area contributed by atoms with E-state index in [1.807, 2.05) is 45.0 Å². The van der Waals surface area contributed by atoms with E-state index in [2.05, 4.69) is 0 Å². The van der Waals surface area contributed by atoms with Crippen LogP contribution >= 0.6 is 23.4 Å². The molecule has 2 aromatic carbocycles. The van der Waals surface area contributed by atoms with Crippen molar-refractivity contribution in [3.8, 4) is 0 Å². The molecule has 0 spiro atoms. The van der Waals surface area contributed by atoms with Crippen molar-refractivity contribution in [1.29, 1.82) is 0 Å². The molecule has 33 heavy (non-hydrogen) atoms. The summed E-state index contributed by atoms with van der Waals surface area (Å²) in [5.74, 6) is -0.0274. The van der Waals surface area contributed by atoms with Crippen molar-refractivity contribution in [3.63, 3.8) is 0 Å². The van der Waals surface area contributed by atoms with Crippen LogP contribution < -0.4 is 0 Å². The minimum absolute atomic E-state index is 0.0900. The summed E-state index contributed by atoms with van der Waals surface area (Å²) in [7, 11) is 0. The summed E-state index contributed by atoms with van der Waals surface area (Å²) in [4.78, 5) is 26.0. The number of benzene rings is 2. The van der Waals surface area contributed by atoms with E-state index in [-0.39, 0.29) is 13.0 Å². The molecular formula is C25H32ClNO5S. The number of ether oxygens (including phenoxy) is 1. The fourth-order valence-electron chi connectivity index (χ4n) is 3.04. The molecule has 0 aromatic heterocycles.